The summed E-state index contributed by atoms with van der Waals surface area (Å²) in [6.45, 7) is 0. The van der Waals surface area contributed by atoms with E-state index in [2.05, 4.69) is 15.3 Å². The summed E-state index contributed by atoms with van der Waals surface area (Å²) in [6, 6.07) is 2.75. The van der Waals surface area contributed by atoms with Gasteiger partial charge in [0.2, 0.25) is 0 Å². The van der Waals surface area contributed by atoms with Crippen molar-refractivity contribution in [2.24, 2.45) is 0 Å². The summed E-state index contributed by atoms with van der Waals surface area (Å²) in [7, 11) is -3.81. The Hall–Kier alpha value is -1.88. The van der Waals surface area contributed by atoms with Crippen LogP contribution in [0, 0.1) is 0 Å². The van der Waals surface area contributed by atoms with Crippen molar-refractivity contribution < 1.29 is 13.2 Å². The maximum absolute atomic E-state index is 12.7. The fraction of sp³-hybridized carbons (Fsp3) is 0. The van der Waals surface area contributed by atoms with Crippen LogP contribution >= 0.6 is 34.7 Å². The van der Waals surface area contributed by atoms with Crippen LogP contribution in [0.25, 0.3) is 0 Å². The zero-order valence-electron chi connectivity index (χ0n) is 11.6. The van der Waals surface area contributed by atoms with Crippen LogP contribution in [0.2, 0.25) is 5.02 Å². The van der Waals surface area contributed by atoms with Gasteiger partial charge in [-0.05, 0) is 23.9 Å². The molecule has 24 heavy (non-hydrogen) atoms. The molecular formula is C13H7ClN4O3S3. The number of fused-ring (bicyclic) bond motifs is 2. The van der Waals surface area contributed by atoms with Crippen molar-refractivity contribution >= 4 is 55.8 Å². The number of imidazole rings is 1. The number of rotatable bonds is 2. The van der Waals surface area contributed by atoms with Gasteiger partial charge in [-0.3, -0.25) is 10.1 Å². The number of hydrogen-bond donors (Lipinski definition) is 1. The Morgan fingerprint density at radius 3 is 2.83 bits per heavy atom. The summed E-state index contributed by atoms with van der Waals surface area (Å²) in [5.41, 5.74) is 0.0679. The van der Waals surface area contributed by atoms with Crippen molar-refractivity contribution in [2.75, 3.05) is 5.32 Å². The lowest BCUT2D eigenvalue weighted by molar-refractivity contribution is 0.102. The van der Waals surface area contributed by atoms with E-state index in [1.807, 2.05) is 0 Å². The number of nitrogens with one attached hydrogen (secondary N) is 1. The molecule has 0 radical (unpaired) electrons. The van der Waals surface area contributed by atoms with Gasteiger partial charge in [0.1, 0.15) is 4.90 Å². The van der Waals surface area contributed by atoms with Crippen LogP contribution in [-0.2, 0) is 10.0 Å². The fourth-order valence-corrected chi connectivity index (χ4v) is 5.92. The van der Waals surface area contributed by atoms with E-state index in [0.717, 1.165) is 3.97 Å². The minimum Gasteiger partial charge on any atom is -0.298 e. The van der Waals surface area contributed by atoms with Crippen LogP contribution < -0.4 is 5.32 Å². The molecule has 1 amide bonds. The molecular weight excluding hydrogens is 392 g/mol. The molecule has 11 heteroatoms. The summed E-state index contributed by atoms with van der Waals surface area (Å²) in [4.78, 5) is 20.8. The number of hydrogen-bond acceptors (Lipinski definition) is 7. The normalized spacial score (nSPS) is 14.7. The zero-order chi connectivity index (χ0) is 16.9. The van der Waals surface area contributed by atoms with Crippen molar-refractivity contribution in [3.05, 3.63) is 46.7 Å². The molecule has 1 aliphatic rings. The van der Waals surface area contributed by atoms with Gasteiger partial charge in [-0.2, -0.15) is 0 Å². The minimum absolute atomic E-state index is 0.0201. The number of benzene rings is 1. The molecule has 0 bridgehead atoms. The Bertz CT molecular complexity index is 1060. The number of carbonyl (C=O) groups is 1. The first-order chi connectivity index (χ1) is 11.5. The van der Waals surface area contributed by atoms with E-state index in [9.17, 15) is 13.2 Å². The Balaban J connectivity index is 1.80. The van der Waals surface area contributed by atoms with Crippen molar-refractivity contribution in [3.63, 3.8) is 0 Å². The quantitative estimate of drug-likeness (QED) is 0.558. The first-order valence-electron chi connectivity index (χ1n) is 6.48. The first-order valence-corrected chi connectivity index (χ1v) is 9.99. The van der Waals surface area contributed by atoms with Crippen LogP contribution in [0.3, 0.4) is 0 Å². The molecule has 1 aliphatic heterocycles. The van der Waals surface area contributed by atoms with Gasteiger partial charge < -0.3 is 0 Å². The summed E-state index contributed by atoms with van der Waals surface area (Å²) in [5, 5.41) is 5.20. The molecule has 0 unspecified atom stereocenters. The van der Waals surface area contributed by atoms with Gasteiger partial charge in [-0.15, -0.1) is 11.3 Å². The molecule has 1 aromatic carbocycles. The van der Waals surface area contributed by atoms with Gasteiger partial charge >= 0.3 is 0 Å². The number of thiazole rings is 1. The average molecular weight is 399 g/mol. The van der Waals surface area contributed by atoms with E-state index in [1.165, 1.54) is 47.6 Å². The standard InChI is InChI=1S/C13H7ClN4O3S3/c14-8-6-9-10(24(20,21)18-3-1-16-13(18)23-9)5-7(8)11(19)17-12-15-2-4-22-12/h1-6H,(H,15,17,19). The molecule has 0 spiro atoms. The van der Waals surface area contributed by atoms with E-state index < -0.39 is 15.9 Å². The molecule has 122 valence electrons. The van der Waals surface area contributed by atoms with Crippen LogP contribution in [0.1, 0.15) is 10.4 Å². The molecule has 1 N–H and O–H groups in total. The summed E-state index contributed by atoms with van der Waals surface area (Å²) < 4.78 is 26.4. The maximum Gasteiger partial charge on any atom is 0.270 e. The Kier molecular flexibility index (Phi) is 3.64. The minimum atomic E-state index is -3.81. The number of aromatic nitrogens is 3. The lowest BCUT2D eigenvalue weighted by Gasteiger charge is -2.19. The summed E-state index contributed by atoms with van der Waals surface area (Å²) in [5.74, 6) is -0.519. The van der Waals surface area contributed by atoms with Crippen molar-refractivity contribution in [1.29, 1.82) is 0 Å². The number of anilines is 1. The third-order valence-corrected chi connectivity index (χ3v) is 7.24. The average Bonchev–Trinajstić information content (AvgIpc) is 3.18. The second-order valence-electron chi connectivity index (χ2n) is 4.68. The molecule has 3 aromatic rings. The Morgan fingerprint density at radius 2 is 2.08 bits per heavy atom. The van der Waals surface area contributed by atoms with Crippen molar-refractivity contribution in [1.82, 2.24) is 13.9 Å². The number of halogens is 1. The molecule has 0 saturated heterocycles. The van der Waals surface area contributed by atoms with Crippen LogP contribution in [-0.4, -0.2) is 28.3 Å². The smallest absolute Gasteiger partial charge is 0.270 e. The predicted octanol–water partition coefficient (Wildman–Crippen LogP) is 2.95. The third-order valence-electron chi connectivity index (χ3n) is 3.24. The third kappa shape index (κ3) is 2.42. The number of amides is 1. The van der Waals surface area contributed by atoms with Crippen molar-refractivity contribution in [2.45, 2.75) is 14.9 Å². The molecule has 4 rings (SSSR count). The van der Waals surface area contributed by atoms with Crippen molar-refractivity contribution in [3.8, 4) is 0 Å². The predicted molar refractivity (Wildman–Crippen MR) is 90.5 cm³/mol. The molecule has 0 fully saturated rings. The summed E-state index contributed by atoms with van der Waals surface area (Å²) in [6.07, 6.45) is 4.32. The van der Waals surface area contributed by atoms with E-state index >= 15 is 0 Å². The SMILES string of the molecule is O=C(Nc1nccs1)c1cc2c(cc1Cl)Sc1nccn1S2(=O)=O. The lowest BCUT2D eigenvalue weighted by atomic mass is 10.2. The maximum atomic E-state index is 12.7. The molecule has 7 nitrogen and oxygen atoms in total. The van der Waals surface area contributed by atoms with Gasteiger partial charge in [-0.1, -0.05) is 11.6 Å². The zero-order valence-corrected chi connectivity index (χ0v) is 14.8. The Labute approximate surface area is 149 Å². The summed E-state index contributed by atoms with van der Waals surface area (Å²) >= 11 is 8.61. The highest BCUT2D eigenvalue weighted by atomic mass is 35.5. The van der Waals surface area contributed by atoms with Crippen LogP contribution in [0.4, 0.5) is 5.13 Å². The van der Waals surface area contributed by atoms with Gasteiger partial charge in [-0.25, -0.2) is 22.4 Å². The lowest BCUT2D eigenvalue weighted by Crippen LogP contribution is -2.20. The highest BCUT2D eigenvalue weighted by molar-refractivity contribution is 8.01. The molecule has 0 saturated carbocycles. The van der Waals surface area contributed by atoms with E-state index in [1.54, 1.807) is 11.6 Å². The second-order valence-corrected chi connectivity index (χ2v) is 8.78. The van der Waals surface area contributed by atoms with Gasteiger partial charge in [0.05, 0.1) is 10.6 Å². The van der Waals surface area contributed by atoms with E-state index in [-0.39, 0.29) is 15.5 Å². The molecule has 0 atom stereocenters. The van der Waals surface area contributed by atoms with Gasteiger partial charge in [0.25, 0.3) is 15.9 Å². The molecule has 3 heterocycles. The highest BCUT2D eigenvalue weighted by Gasteiger charge is 2.32. The van der Waals surface area contributed by atoms with Gasteiger partial charge in [0.15, 0.2) is 10.3 Å². The Morgan fingerprint density at radius 1 is 1.25 bits per heavy atom. The van der Waals surface area contributed by atoms with E-state index in [4.69, 9.17) is 11.6 Å². The monoisotopic (exact) mass is 398 g/mol. The fourth-order valence-electron chi connectivity index (χ4n) is 2.18. The topological polar surface area (TPSA) is 93.9 Å². The number of carbonyl (C=O) groups excluding carboxylic acids is 1. The largest absolute Gasteiger partial charge is 0.298 e. The van der Waals surface area contributed by atoms with Crippen LogP contribution in [0.5, 0.6) is 0 Å². The highest BCUT2D eigenvalue weighted by Crippen LogP contribution is 2.41. The van der Waals surface area contributed by atoms with Crippen LogP contribution in [0.15, 0.2) is 51.1 Å². The molecule has 0 aliphatic carbocycles. The molecule has 2 aromatic heterocycles. The van der Waals surface area contributed by atoms with Gasteiger partial charge in [0, 0.05) is 28.9 Å². The second kappa shape index (κ2) is 5.59. The van der Waals surface area contributed by atoms with E-state index in [0.29, 0.717) is 15.2 Å². The number of nitrogens with zero attached hydrogens (tertiary/aromatic N) is 3. The first kappa shape index (κ1) is 15.6.